The number of carbonyl (C=O) groups is 4. The van der Waals surface area contributed by atoms with Gasteiger partial charge in [-0.25, -0.2) is 24.9 Å². The highest BCUT2D eigenvalue weighted by atomic mass is 79.9. The number of carbonyl (C=O) groups excluding carboxylic acids is 4. The van der Waals surface area contributed by atoms with Crippen molar-refractivity contribution in [3.8, 4) is 68.4 Å². The molecular formula is C89H104BrClN18O15S2. The molecular weight excluding hydrogens is 1740 g/mol. The molecule has 5 aliphatic heterocycles. The number of nitrogens with two attached hydrogens (primary N) is 2. The number of ether oxygens (including phenoxy) is 5. The zero-order valence-corrected chi connectivity index (χ0v) is 75.8. The Hall–Kier alpha value is -11.6. The highest BCUT2D eigenvalue weighted by molar-refractivity contribution is 9.10. The van der Waals surface area contributed by atoms with Gasteiger partial charge in [-0.2, -0.15) is 0 Å². The van der Waals surface area contributed by atoms with Crippen molar-refractivity contribution < 1.29 is 72.9 Å². The number of aliphatic hydroxyl groups is 1. The first-order chi connectivity index (χ1) is 60.4. The lowest BCUT2D eigenvalue weighted by Gasteiger charge is -2.32. The molecule has 0 saturated carbocycles. The molecule has 666 valence electrons. The third-order valence-corrected chi connectivity index (χ3v) is 24.7. The SMILES string of the molecule is CCCCN(C)C(=O)c1cc(C2=NCC(=O)N2c2ccccc2C)c(O)cc1O.CCNC(=O)c1noc(-c2cc(Cl)c(O)cc2O)c1-c1ccc(CN2CCOCC2)cc1.CN(C)c1cc2c(cc1Sc1nc3c(N)nccc3n1CCNCC(C)(C)C)OCO2.C[C@H](O)C(=O)N1CCC(CCn2c(Sc3cc4c(cc3Br)OCO4)nc3c(N)ncnc32)CC1. The van der Waals surface area contributed by atoms with Gasteiger partial charge in [-0.3, -0.25) is 34.0 Å². The number of morpholine rings is 1. The molecule has 11 aromatic rings. The lowest BCUT2D eigenvalue weighted by Crippen LogP contribution is -2.43. The Morgan fingerprint density at radius 2 is 1.40 bits per heavy atom. The molecule has 1 atom stereocenters. The number of phenolic OH excluding ortho intramolecular Hbond substituents is 4. The fourth-order valence-electron chi connectivity index (χ4n) is 14.7. The number of pyridine rings is 1. The van der Waals surface area contributed by atoms with Crippen LogP contribution in [-0.2, 0) is 34.0 Å². The first kappa shape index (κ1) is 92.0. The second-order valence-corrected chi connectivity index (χ2v) is 35.4. The Kier molecular flexibility index (Phi) is 30.1. The standard InChI is InChI=1S/C23H24ClN3O5.C22H25BrN6O4S.C22H30N6O2S.C22H25N3O4/c1-2-25-23(30)21-20(22(32-26-21)16-11-17(24)19(29)12-18(16)28)15-5-3-14(4-6-15)13-27-7-9-31-10-8-27;1-12(30)21(31)28-5-2-13(3-6-28)4-7-29-20-18(19(24)25-10-26-20)27-22(29)34-17-9-16-15(8-14(17)23)32-11-33-16;1-22(2,3)12-24-8-9-28-14-6-7-25-20(23)19(14)26-21(28)31-18-11-17-16(29-13-30-17)10-15(18)27(4)5;1-4-5-10-24(3)22(29)16-11-15(18(26)12-19(16)27)21-23-13-20(28)25(21)17-9-7-6-8-14(17)2/h3-6,11-12,28-29H,2,7-10,13H2,1H3,(H,25,30);8-10,12-13,30H,2-7,11H2,1H3,(H2,24,25,26);6-7,10-11,24H,8-9,12-13H2,1-5H3,(H2,23,25);6-9,11-12,26-27H,4-5,10,13H2,1-3H3/t;12-;;/m.0../s1. The minimum Gasteiger partial charge on any atom is -0.507 e. The highest BCUT2D eigenvalue weighted by Crippen LogP contribution is 2.48. The number of amidine groups is 1. The number of hydrogen-bond donors (Lipinski definition) is 9. The smallest absolute Gasteiger partial charge is 0.274 e. The Balaban J connectivity index is 0.000000144. The number of aliphatic hydroxyl groups excluding tert-OH is 1. The molecule has 0 bridgehead atoms. The molecule has 0 aliphatic carbocycles. The number of para-hydroxylation sites is 1. The summed E-state index contributed by atoms with van der Waals surface area (Å²) < 4.78 is 38.2. The summed E-state index contributed by atoms with van der Waals surface area (Å²) in [5, 5.41) is 62.4. The van der Waals surface area contributed by atoms with Gasteiger partial charge in [-0.15, -0.1) is 0 Å². The molecule has 10 heterocycles. The highest BCUT2D eigenvalue weighted by Gasteiger charge is 2.35. The molecule has 4 amide bonds. The number of halogens is 2. The van der Waals surface area contributed by atoms with Gasteiger partial charge in [0.2, 0.25) is 13.6 Å². The van der Waals surface area contributed by atoms with Crippen LogP contribution < -0.4 is 50.8 Å². The van der Waals surface area contributed by atoms with Crippen LogP contribution in [0.4, 0.5) is 23.0 Å². The number of unbranched alkanes of at least 4 members (excludes halogenated alkanes) is 1. The summed E-state index contributed by atoms with van der Waals surface area (Å²) in [4.78, 5) is 87.8. The number of benzene rings is 6. The summed E-state index contributed by atoms with van der Waals surface area (Å²) >= 11 is 12.8. The summed E-state index contributed by atoms with van der Waals surface area (Å²) in [5.41, 5.74) is 20.9. The van der Waals surface area contributed by atoms with Gasteiger partial charge in [0.25, 0.3) is 23.6 Å². The van der Waals surface area contributed by atoms with E-state index in [4.69, 9.17) is 61.2 Å². The van der Waals surface area contributed by atoms with Crippen LogP contribution in [0.3, 0.4) is 0 Å². The number of aliphatic imine (C=N–C) groups is 1. The van der Waals surface area contributed by atoms with E-state index in [1.807, 2.05) is 108 Å². The molecule has 37 heteroatoms. The average Bonchev–Trinajstić information content (AvgIpc) is 1.58. The normalized spacial score (nSPS) is 14.6. The molecule has 0 unspecified atom stereocenters. The molecule has 126 heavy (non-hydrogen) atoms. The number of hydrogen-bond acceptors (Lipinski definition) is 29. The number of imidazole rings is 2. The van der Waals surface area contributed by atoms with Crippen LogP contribution in [0.15, 0.2) is 150 Å². The summed E-state index contributed by atoms with van der Waals surface area (Å²) in [7, 11) is 5.70. The first-order valence-electron chi connectivity index (χ1n) is 41.4. The number of likely N-dealkylation sites (tertiary alicyclic amines) is 1. The number of nitrogens with one attached hydrogen (secondary N) is 2. The number of aromatic nitrogens is 8. The number of fused-ring (bicyclic) bond motifs is 4. The van der Waals surface area contributed by atoms with E-state index in [0.29, 0.717) is 89.8 Å². The van der Waals surface area contributed by atoms with E-state index in [0.717, 1.165) is 161 Å². The Bertz CT molecular complexity index is 5810. The molecule has 33 nitrogen and oxygen atoms in total. The van der Waals surface area contributed by atoms with Crippen molar-refractivity contribution in [3.05, 3.63) is 153 Å². The molecule has 11 N–H and O–H groups in total. The van der Waals surface area contributed by atoms with Crippen molar-refractivity contribution in [2.24, 2.45) is 16.3 Å². The maximum atomic E-state index is 12.8. The number of aryl methyl sites for hydroxylation is 2. The maximum Gasteiger partial charge on any atom is 0.274 e. The van der Waals surface area contributed by atoms with E-state index in [1.165, 1.54) is 46.9 Å². The van der Waals surface area contributed by atoms with E-state index in [1.54, 1.807) is 36.0 Å². The van der Waals surface area contributed by atoms with Gasteiger partial charge >= 0.3 is 0 Å². The molecule has 2 fully saturated rings. The van der Waals surface area contributed by atoms with Crippen LogP contribution in [0.5, 0.6) is 46.0 Å². The van der Waals surface area contributed by atoms with Crippen molar-refractivity contribution >= 4 is 126 Å². The van der Waals surface area contributed by atoms with E-state index in [2.05, 4.69) is 91.4 Å². The van der Waals surface area contributed by atoms with Crippen LogP contribution in [0.2, 0.25) is 5.02 Å². The van der Waals surface area contributed by atoms with Gasteiger partial charge in [0, 0.05) is 138 Å². The van der Waals surface area contributed by atoms with Crippen LogP contribution in [0.1, 0.15) is 111 Å². The number of anilines is 4. The Morgan fingerprint density at radius 3 is 2.09 bits per heavy atom. The summed E-state index contributed by atoms with van der Waals surface area (Å²) in [6, 6.07) is 30.0. The van der Waals surface area contributed by atoms with Crippen molar-refractivity contribution in [3.63, 3.8) is 0 Å². The van der Waals surface area contributed by atoms with Crippen molar-refractivity contribution in [1.29, 1.82) is 0 Å². The van der Waals surface area contributed by atoms with Crippen molar-refractivity contribution in [2.45, 2.75) is 126 Å². The molecule has 0 radical (unpaired) electrons. The monoisotopic (exact) mass is 1840 g/mol. The summed E-state index contributed by atoms with van der Waals surface area (Å²) in [5.74, 6) is 2.40. The van der Waals surface area contributed by atoms with E-state index < -0.39 is 6.10 Å². The zero-order chi connectivity index (χ0) is 89.8. The topological polar surface area (TPSA) is 421 Å². The minimum atomic E-state index is -0.950. The minimum absolute atomic E-state index is 0.0422. The quantitative estimate of drug-likeness (QED) is 0.0240. The van der Waals surface area contributed by atoms with Crippen LogP contribution in [0, 0.1) is 18.3 Å². The van der Waals surface area contributed by atoms with Crippen molar-refractivity contribution in [2.75, 3.05) is 128 Å². The summed E-state index contributed by atoms with van der Waals surface area (Å²) in [6.45, 7) is 24.0. The third-order valence-electron chi connectivity index (χ3n) is 21.4. The Morgan fingerprint density at radius 1 is 0.754 bits per heavy atom. The molecule has 5 aromatic heterocycles. The third kappa shape index (κ3) is 21.7. The number of phenols is 4. The van der Waals surface area contributed by atoms with Gasteiger partial charge in [0.1, 0.15) is 53.3 Å². The fraction of sp³-hybridized carbons (Fsp3) is 0.382. The predicted octanol–water partition coefficient (Wildman–Crippen LogP) is 13.4. The lowest BCUT2D eigenvalue weighted by molar-refractivity contribution is -0.140. The van der Waals surface area contributed by atoms with Gasteiger partial charge in [0.15, 0.2) is 67.6 Å². The number of amides is 4. The summed E-state index contributed by atoms with van der Waals surface area (Å²) in [6.07, 6.45) is 6.75. The van der Waals surface area contributed by atoms with Gasteiger partial charge in [0.05, 0.1) is 57.4 Å². The molecule has 5 aliphatic rings. The van der Waals surface area contributed by atoms with Crippen LogP contribution >= 0.6 is 51.1 Å². The number of piperidine rings is 1. The predicted molar refractivity (Wildman–Crippen MR) is 487 cm³/mol. The number of nitrogens with zero attached hydrogens (tertiary/aromatic N) is 14. The maximum absolute atomic E-state index is 12.8. The molecule has 16 rings (SSSR count). The number of aromatic hydroxyl groups is 4. The first-order valence-corrected chi connectivity index (χ1v) is 44.2. The number of rotatable bonds is 25. The van der Waals surface area contributed by atoms with E-state index in [-0.39, 0.29) is 111 Å². The fourth-order valence-corrected chi connectivity index (χ4v) is 17.5. The second-order valence-electron chi connectivity index (χ2n) is 32.1. The molecule has 0 spiro atoms. The van der Waals surface area contributed by atoms with Gasteiger partial charge in [-0.05, 0) is 139 Å². The molecule has 6 aromatic carbocycles. The second kappa shape index (κ2) is 41.2. The largest absolute Gasteiger partial charge is 0.507 e. The van der Waals surface area contributed by atoms with Gasteiger partial charge < -0.3 is 99.7 Å². The molecule has 2 saturated heterocycles. The van der Waals surface area contributed by atoms with Crippen molar-refractivity contribution in [1.82, 2.24) is 64.5 Å². The van der Waals surface area contributed by atoms with E-state index >= 15 is 0 Å². The van der Waals surface area contributed by atoms with Gasteiger partial charge in [-0.1, -0.05) is 105 Å². The van der Waals surface area contributed by atoms with Crippen LogP contribution in [-0.4, -0.2) is 222 Å². The number of nitrogen functional groups attached to an aromatic ring is 2. The zero-order valence-electron chi connectivity index (χ0n) is 71.8. The average molecular weight is 1850 g/mol. The van der Waals surface area contributed by atoms with E-state index in [9.17, 15) is 44.7 Å². The lowest BCUT2D eigenvalue weighted by atomic mass is 9.93. The van der Waals surface area contributed by atoms with Crippen LogP contribution in [0.25, 0.3) is 44.6 Å². The Labute approximate surface area is 750 Å².